The average Bonchev–Trinajstić information content (AvgIpc) is 3.25. The van der Waals surface area contributed by atoms with E-state index in [1.165, 1.54) is 0 Å². The highest BCUT2D eigenvalue weighted by Gasteiger charge is 2.16. The summed E-state index contributed by atoms with van der Waals surface area (Å²) in [7, 11) is 0. The van der Waals surface area contributed by atoms with Crippen LogP contribution in [0.5, 0.6) is 0 Å². The molecule has 0 spiro atoms. The summed E-state index contributed by atoms with van der Waals surface area (Å²) < 4.78 is 10.7. The van der Waals surface area contributed by atoms with Crippen molar-refractivity contribution < 1.29 is 14.1 Å². The Morgan fingerprint density at radius 1 is 1.33 bits per heavy atom. The molecular formula is C17H20ClN3O3. The maximum absolute atomic E-state index is 11.8. The third kappa shape index (κ3) is 4.79. The van der Waals surface area contributed by atoms with E-state index in [2.05, 4.69) is 15.5 Å². The predicted octanol–water partition coefficient (Wildman–Crippen LogP) is 3.01. The van der Waals surface area contributed by atoms with Crippen molar-refractivity contribution in [2.45, 2.75) is 38.2 Å². The molecule has 0 unspecified atom stereocenters. The van der Waals surface area contributed by atoms with Crippen LogP contribution in [0.25, 0.3) is 11.4 Å². The normalized spacial score (nSPS) is 17.1. The smallest absolute Gasteiger partial charge is 0.228 e. The topological polar surface area (TPSA) is 77.2 Å². The lowest BCUT2D eigenvalue weighted by atomic mass is 10.1. The van der Waals surface area contributed by atoms with Crippen LogP contribution in [0.1, 0.15) is 31.6 Å². The van der Waals surface area contributed by atoms with E-state index in [0.29, 0.717) is 36.1 Å². The van der Waals surface area contributed by atoms with Crippen molar-refractivity contribution in [1.29, 1.82) is 0 Å². The van der Waals surface area contributed by atoms with Crippen LogP contribution < -0.4 is 5.32 Å². The lowest BCUT2D eigenvalue weighted by Gasteiger charge is -2.08. The van der Waals surface area contributed by atoms with E-state index in [1.54, 1.807) is 12.1 Å². The van der Waals surface area contributed by atoms with Crippen LogP contribution in [0.2, 0.25) is 5.02 Å². The van der Waals surface area contributed by atoms with Gasteiger partial charge in [-0.25, -0.2) is 0 Å². The Hall–Kier alpha value is -1.92. The molecular weight excluding hydrogens is 330 g/mol. The van der Waals surface area contributed by atoms with Gasteiger partial charge < -0.3 is 14.6 Å². The zero-order chi connectivity index (χ0) is 16.8. The third-order valence-electron chi connectivity index (χ3n) is 3.95. The zero-order valence-electron chi connectivity index (χ0n) is 13.3. The minimum Gasteiger partial charge on any atom is -0.378 e. The number of nitrogens with zero attached hydrogens (tertiary/aromatic N) is 2. The van der Waals surface area contributed by atoms with Gasteiger partial charge in [0, 0.05) is 36.6 Å². The highest BCUT2D eigenvalue weighted by atomic mass is 35.5. The number of ether oxygens (including phenoxy) is 1. The van der Waals surface area contributed by atoms with Crippen LogP contribution in [-0.2, 0) is 16.0 Å². The number of hydrogen-bond donors (Lipinski definition) is 1. The highest BCUT2D eigenvalue weighted by Crippen LogP contribution is 2.19. The molecule has 1 saturated heterocycles. The van der Waals surface area contributed by atoms with Crippen molar-refractivity contribution in [1.82, 2.24) is 15.5 Å². The van der Waals surface area contributed by atoms with Gasteiger partial charge in [-0.15, -0.1) is 0 Å². The lowest BCUT2D eigenvalue weighted by molar-refractivity contribution is -0.121. The maximum Gasteiger partial charge on any atom is 0.228 e. The molecule has 0 radical (unpaired) electrons. The molecule has 6 nitrogen and oxygen atoms in total. The van der Waals surface area contributed by atoms with Crippen LogP contribution in [-0.4, -0.2) is 35.3 Å². The SMILES string of the molecule is O=C(CC[C@@H]1CCCO1)NCCc1nc(-c2ccc(Cl)cc2)no1. The molecule has 24 heavy (non-hydrogen) atoms. The molecule has 0 saturated carbocycles. The van der Waals surface area contributed by atoms with Gasteiger partial charge in [0.2, 0.25) is 17.6 Å². The molecule has 1 amide bonds. The number of benzene rings is 1. The van der Waals surface area contributed by atoms with Crippen LogP contribution in [0, 0.1) is 0 Å². The second-order valence-corrected chi connectivity index (χ2v) is 6.23. The number of halogens is 1. The first-order valence-electron chi connectivity index (χ1n) is 8.17. The Morgan fingerprint density at radius 3 is 2.92 bits per heavy atom. The number of aromatic nitrogens is 2. The fraction of sp³-hybridized carbons (Fsp3) is 0.471. The minimum atomic E-state index is 0.0305. The summed E-state index contributed by atoms with van der Waals surface area (Å²) in [5.41, 5.74) is 0.843. The Bertz CT molecular complexity index is 666. The van der Waals surface area contributed by atoms with Crippen LogP contribution in [0.15, 0.2) is 28.8 Å². The van der Waals surface area contributed by atoms with Gasteiger partial charge in [-0.3, -0.25) is 4.79 Å². The molecule has 128 valence electrons. The van der Waals surface area contributed by atoms with Gasteiger partial charge in [0.25, 0.3) is 0 Å². The Morgan fingerprint density at radius 2 is 2.17 bits per heavy atom. The summed E-state index contributed by atoms with van der Waals surface area (Å²) in [5, 5.41) is 7.48. The number of nitrogens with one attached hydrogen (secondary N) is 1. The molecule has 1 aromatic heterocycles. The largest absolute Gasteiger partial charge is 0.378 e. The van der Waals surface area contributed by atoms with E-state index in [0.717, 1.165) is 31.4 Å². The molecule has 1 aliphatic heterocycles. The fourth-order valence-electron chi connectivity index (χ4n) is 2.63. The van der Waals surface area contributed by atoms with Gasteiger partial charge in [-0.05, 0) is 43.5 Å². The van der Waals surface area contributed by atoms with Gasteiger partial charge in [-0.2, -0.15) is 4.98 Å². The first kappa shape index (κ1) is 16.9. The minimum absolute atomic E-state index is 0.0305. The van der Waals surface area contributed by atoms with Crippen molar-refractivity contribution >= 4 is 17.5 Å². The number of hydrogen-bond acceptors (Lipinski definition) is 5. The molecule has 1 fully saturated rings. The first-order chi connectivity index (χ1) is 11.7. The number of carbonyl (C=O) groups excluding carboxylic acids is 1. The summed E-state index contributed by atoms with van der Waals surface area (Å²) >= 11 is 5.86. The number of carbonyl (C=O) groups is 1. The zero-order valence-corrected chi connectivity index (χ0v) is 14.1. The van der Waals surface area contributed by atoms with Crippen molar-refractivity contribution in [2.75, 3.05) is 13.2 Å². The van der Waals surface area contributed by atoms with E-state index < -0.39 is 0 Å². The van der Waals surface area contributed by atoms with E-state index in [1.807, 2.05) is 12.1 Å². The van der Waals surface area contributed by atoms with E-state index in [4.69, 9.17) is 20.9 Å². The molecule has 3 rings (SSSR count). The van der Waals surface area contributed by atoms with E-state index in [9.17, 15) is 4.79 Å². The van der Waals surface area contributed by atoms with Gasteiger partial charge in [0.15, 0.2) is 0 Å². The lowest BCUT2D eigenvalue weighted by Crippen LogP contribution is -2.26. The van der Waals surface area contributed by atoms with Gasteiger partial charge >= 0.3 is 0 Å². The molecule has 2 aromatic rings. The summed E-state index contributed by atoms with van der Waals surface area (Å²) in [6, 6.07) is 7.23. The average molecular weight is 350 g/mol. The highest BCUT2D eigenvalue weighted by molar-refractivity contribution is 6.30. The maximum atomic E-state index is 11.8. The molecule has 0 aliphatic carbocycles. The molecule has 1 aromatic carbocycles. The van der Waals surface area contributed by atoms with Crippen molar-refractivity contribution in [2.24, 2.45) is 0 Å². The van der Waals surface area contributed by atoms with Crippen molar-refractivity contribution in [3.63, 3.8) is 0 Å². The van der Waals surface area contributed by atoms with Crippen LogP contribution in [0.3, 0.4) is 0 Å². The van der Waals surface area contributed by atoms with Gasteiger partial charge in [-0.1, -0.05) is 16.8 Å². The Kier molecular flexibility index (Phi) is 5.82. The molecule has 0 bridgehead atoms. The second-order valence-electron chi connectivity index (χ2n) is 5.79. The van der Waals surface area contributed by atoms with E-state index >= 15 is 0 Å². The van der Waals surface area contributed by atoms with Crippen molar-refractivity contribution in [3.8, 4) is 11.4 Å². The Balaban J connectivity index is 1.40. The molecule has 7 heteroatoms. The summed E-state index contributed by atoms with van der Waals surface area (Å²) in [6.45, 7) is 1.30. The predicted molar refractivity (Wildman–Crippen MR) is 89.7 cm³/mol. The number of rotatable bonds is 7. The van der Waals surface area contributed by atoms with E-state index in [-0.39, 0.29) is 12.0 Å². The van der Waals surface area contributed by atoms with Crippen molar-refractivity contribution in [3.05, 3.63) is 35.2 Å². The quantitative estimate of drug-likeness (QED) is 0.831. The standard InChI is InChI=1S/C17H20ClN3O3/c18-13-5-3-12(4-6-13)17-20-16(24-21-17)9-10-19-15(22)8-7-14-2-1-11-23-14/h3-6,14H,1-2,7-11H2,(H,19,22)/t14-/m0/s1. The Labute approximate surface area is 145 Å². The monoisotopic (exact) mass is 349 g/mol. The number of amides is 1. The summed E-state index contributed by atoms with van der Waals surface area (Å²) in [4.78, 5) is 16.1. The van der Waals surface area contributed by atoms with Gasteiger partial charge in [0.1, 0.15) is 0 Å². The molecule has 1 N–H and O–H groups in total. The fourth-order valence-corrected chi connectivity index (χ4v) is 2.76. The molecule has 1 aliphatic rings. The van der Waals surface area contributed by atoms with Gasteiger partial charge in [0.05, 0.1) is 6.10 Å². The third-order valence-corrected chi connectivity index (χ3v) is 4.20. The second kappa shape index (κ2) is 8.26. The van der Waals surface area contributed by atoms with Crippen LogP contribution in [0.4, 0.5) is 0 Å². The van der Waals surface area contributed by atoms with Crippen LogP contribution >= 0.6 is 11.6 Å². The summed E-state index contributed by atoms with van der Waals surface area (Å²) in [6.07, 6.45) is 4.18. The molecule has 2 heterocycles. The molecule has 1 atom stereocenters. The summed E-state index contributed by atoms with van der Waals surface area (Å²) in [5.74, 6) is 1.05. The first-order valence-corrected chi connectivity index (χ1v) is 8.55.